The van der Waals surface area contributed by atoms with Crippen LogP contribution in [0.25, 0.3) is 0 Å². The number of hydrogen-bond donors (Lipinski definition) is 1. The maximum absolute atomic E-state index is 10.9. The van der Waals surface area contributed by atoms with Gasteiger partial charge in [0.2, 0.25) is 0 Å². The number of nitrogens with zero attached hydrogens (tertiary/aromatic N) is 2. The van der Waals surface area contributed by atoms with Gasteiger partial charge in [0.25, 0.3) is 0 Å². The number of benzene rings is 1. The third-order valence-electron chi connectivity index (χ3n) is 3.34. The highest BCUT2D eigenvalue weighted by Gasteiger charge is 2.20. The zero-order valence-electron chi connectivity index (χ0n) is 11.6. The second-order valence-corrected chi connectivity index (χ2v) is 5.43. The number of para-hydroxylation sites is 1. The van der Waals surface area contributed by atoms with Crippen molar-refractivity contribution in [1.82, 2.24) is 4.98 Å². The van der Waals surface area contributed by atoms with E-state index in [4.69, 9.17) is 5.11 Å². The predicted molar refractivity (Wildman–Crippen MR) is 81.3 cm³/mol. The number of rotatable bonds is 6. The maximum Gasteiger partial charge on any atom is 0.305 e. The zero-order chi connectivity index (χ0) is 14.5. The van der Waals surface area contributed by atoms with Crippen molar-refractivity contribution in [2.24, 2.45) is 0 Å². The summed E-state index contributed by atoms with van der Waals surface area (Å²) >= 11 is 1.56. The minimum atomic E-state index is -0.783. The third-order valence-corrected chi connectivity index (χ3v) is 3.94. The number of anilines is 1. The predicted octanol–water partition coefficient (Wildman–Crippen LogP) is 3.49. The Morgan fingerprint density at radius 2 is 2.20 bits per heavy atom. The fourth-order valence-corrected chi connectivity index (χ4v) is 2.85. The SMILES string of the molecule is Cc1ccccc1N(CCC(=O)O)C(C)c1cscn1. The molecule has 0 radical (unpaired) electrons. The van der Waals surface area contributed by atoms with Crippen molar-refractivity contribution in [3.05, 3.63) is 46.4 Å². The highest BCUT2D eigenvalue weighted by Crippen LogP contribution is 2.29. The molecule has 5 heteroatoms. The van der Waals surface area contributed by atoms with Crippen LogP contribution < -0.4 is 4.90 Å². The van der Waals surface area contributed by atoms with Crippen molar-refractivity contribution in [3.63, 3.8) is 0 Å². The monoisotopic (exact) mass is 290 g/mol. The zero-order valence-corrected chi connectivity index (χ0v) is 12.4. The van der Waals surface area contributed by atoms with Crippen LogP contribution in [0.2, 0.25) is 0 Å². The Bertz CT molecular complexity index is 569. The molecule has 1 N–H and O–H groups in total. The van der Waals surface area contributed by atoms with Crippen LogP contribution >= 0.6 is 11.3 Å². The number of aromatic nitrogens is 1. The fourth-order valence-electron chi connectivity index (χ4n) is 2.21. The minimum Gasteiger partial charge on any atom is -0.481 e. The molecule has 0 amide bonds. The van der Waals surface area contributed by atoms with E-state index in [9.17, 15) is 4.79 Å². The van der Waals surface area contributed by atoms with Crippen molar-refractivity contribution in [2.45, 2.75) is 26.3 Å². The fraction of sp³-hybridized carbons (Fsp3) is 0.333. The molecular formula is C15H18N2O2S. The van der Waals surface area contributed by atoms with Crippen molar-refractivity contribution in [1.29, 1.82) is 0 Å². The van der Waals surface area contributed by atoms with E-state index in [-0.39, 0.29) is 12.5 Å². The molecule has 2 rings (SSSR count). The third kappa shape index (κ3) is 3.36. The smallest absolute Gasteiger partial charge is 0.305 e. The first-order chi connectivity index (χ1) is 9.59. The Hall–Kier alpha value is -1.88. The molecule has 0 bridgehead atoms. The molecule has 0 spiro atoms. The molecule has 1 atom stereocenters. The van der Waals surface area contributed by atoms with Gasteiger partial charge in [-0.15, -0.1) is 11.3 Å². The summed E-state index contributed by atoms with van der Waals surface area (Å²) < 4.78 is 0. The Labute approximate surface area is 122 Å². The normalized spacial score (nSPS) is 12.1. The molecule has 20 heavy (non-hydrogen) atoms. The number of hydrogen-bond acceptors (Lipinski definition) is 4. The van der Waals surface area contributed by atoms with Crippen LogP contribution in [0.4, 0.5) is 5.69 Å². The molecule has 1 unspecified atom stereocenters. The first-order valence-corrected chi connectivity index (χ1v) is 7.46. The number of thiazole rings is 1. The summed E-state index contributed by atoms with van der Waals surface area (Å²) in [5.74, 6) is -0.783. The van der Waals surface area contributed by atoms with E-state index < -0.39 is 5.97 Å². The molecule has 0 aliphatic rings. The van der Waals surface area contributed by atoms with Crippen molar-refractivity contribution in [3.8, 4) is 0 Å². The number of carboxylic acid groups (broad SMARTS) is 1. The van der Waals surface area contributed by atoms with Crippen molar-refractivity contribution < 1.29 is 9.90 Å². The van der Waals surface area contributed by atoms with E-state index in [1.54, 1.807) is 16.8 Å². The van der Waals surface area contributed by atoms with Gasteiger partial charge in [-0.05, 0) is 25.5 Å². The molecule has 1 heterocycles. The molecule has 0 fully saturated rings. The molecule has 0 aliphatic heterocycles. The molecule has 4 nitrogen and oxygen atoms in total. The van der Waals surface area contributed by atoms with Crippen LogP contribution in [-0.4, -0.2) is 22.6 Å². The van der Waals surface area contributed by atoms with Crippen LogP contribution in [0, 0.1) is 6.92 Å². The number of carboxylic acids is 1. The molecule has 0 saturated carbocycles. The Kier molecular flexibility index (Phi) is 4.74. The second kappa shape index (κ2) is 6.52. The van der Waals surface area contributed by atoms with Gasteiger partial charge in [-0.25, -0.2) is 4.98 Å². The Morgan fingerprint density at radius 3 is 2.80 bits per heavy atom. The van der Waals surface area contributed by atoms with Crippen molar-refractivity contribution >= 4 is 23.0 Å². The highest BCUT2D eigenvalue weighted by atomic mass is 32.1. The van der Waals surface area contributed by atoms with E-state index in [1.165, 1.54) is 0 Å². The van der Waals surface area contributed by atoms with E-state index in [2.05, 4.69) is 16.8 Å². The standard InChI is InChI=1S/C15H18N2O2S/c1-11-5-3-4-6-14(11)17(8-7-15(18)19)12(2)13-9-20-10-16-13/h3-6,9-10,12H,7-8H2,1-2H3,(H,18,19). The average Bonchev–Trinajstić information content (AvgIpc) is 2.94. The van der Waals surface area contributed by atoms with E-state index >= 15 is 0 Å². The van der Waals surface area contributed by atoms with Crippen LogP contribution in [-0.2, 0) is 4.79 Å². The molecule has 0 saturated heterocycles. The van der Waals surface area contributed by atoms with Gasteiger partial charge < -0.3 is 10.0 Å². The molecule has 1 aromatic heterocycles. The quantitative estimate of drug-likeness (QED) is 0.884. The van der Waals surface area contributed by atoms with E-state index in [0.717, 1.165) is 16.9 Å². The molecule has 0 aliphatic carbocycles. The van der Waals surface area contributed by atoms with Gasteiger partial charge in [-0.2, -0.15) is 0 Å². The van der Waals surface area contributed by atoms with E-state index in [1.807, 2.05) is 36.6 Å². The van der Waals surface area contributed by atoms with E-state index in [0.29, 0.717) is 6.54 Å². The number of carbonyl (C=O) groups is 1. The molecular weight excluding hydrogens is 272 g/mol. The summed E-state index contributed by atoms with van der Waals surface area (Å²) in [4.78, 5) is 17.3. The lowest BCUT2D eigenvalue weighted by atomic mass is 10.1. The number of aliphatic carboxylic acids is 1. The lowest BCUT2D eigenvalue weighted by Crippen LogP contribution is -2.30. The van der Waals surface area contributed by atoms with Crippen LogP contribution in [0.15, 0.2) is 35.2 Å². The summed E-state index contributed by atoms with van der Waals surface area (Å²) in [6.45, 7) is 4.57. The maximum atomic E-state index is 10.9. The lowest BCUT2D eigenvalue weighted by Gasteiger charge is -2.31. The molecule has 2 aromatic rings. The summed E-state index contributed by atoms with van der Waals surface area (Å²) in [7, 11) is 0. The van der Waals surface area contributed by atoms with Crippen molar-refractivity contribution in [2.75, 3.05) is 11.4 Å². The first kappa shape index (κ1) is 14.5. The van der Waals surface area contributed by atoms with Gasteiger partial charge >= 0.3 is 5.97 Å². The minimum absolute atomic E-state index is 0.0571. The highest BCUT2D eigenvalue weighted by molar-refractivity contribution is 7.07. The van der Waals surface area contributed by atoms with Gasteiger partial charge in [-0.3, -0.25) is 4.79 Å². The van der Waals surface area contributed by atoms with Gasteiger partial charge in [0.15, 0.2) is 0 Å². The average molecular weight is 290 g/mol. The summed E-state index contributed by atoms with van der Waals surface area (Å²) in [6, 6.07) is 8.09. The van der Waals surface area contributed by atoms with Gasteiger partial charge in [0, 0.05) is 17.6 Å². The van der Waals surface area contributed by atoms with Crippen LogP contribution in [0.5, 0.6) is 0 Å². The van der Waals surface area contributed by atoms with Crippen LogP contribution in [0.1, 0.15) is 30.6 Å². The summed E-state index contributed by atoms with van der Waals surface area (Å²) in [5, 5.41) is 11.0. The van der Waals surface area contributed by atoms with Gasteiger partial charge in [0.1, 0.15) is 0 Å². The van der Waals surface area contributed by atoms with Crippen LogP contribution in [0.3, 0.4) is 0 Å². The first-order valence-electron chi connectivity index (χ1n) is 6.51. The second-order valence-electron chi connectivity index (χ2n) is 4.71. The lowest BCUT2D eigenvalue weighted by molar-refractivity contribution is -0.136. The molecule has 106 valence electrons. The van der Waals surface area contributed by atoms with Gasteiger partial charge in [0.05, 0.1) is 23.7 Å². The summed E-state index contributed by atoms with van der Waals surface area (Å²) in [6.07, 6.45) is 0.114. The largest absolute Gasteiger partial charge is 0.481 e. The topological polar surface area (TPSA) is 53.4 Å². The molecule has 1 aromatic carbocycles. The summed E-state index contributed by atoms with van der Waals surface area (Å²) in [5.41, 5.74) is 4.98. The Balaban J connectivity index is 2.29. The Morgan fingerprint density at radius 1 is 1.45 bits per heavy atom. The van der Waals surface area contributed by atoms with Gasteiger partial charge in [-0.1, -0.05) is 18.2 Å². The number of aryl methyl sites for hydroxylation is 1.